The van der Waals surface area contributed by atoms with E-state index in [1.54, 1.807) is 17.0 Å². The minimum absolute atomic E-state index is 0.0812. The van der Waals surface area contributed by atoms with Gasteiger partial charge in [0.25, 0.3) is 0 Å². The van der Waals surface area contributed by atoms with Crippen LogP contribution in [0.4, 0.5) is 0 Å². The Morgan fingerprint density at radius 2 is 1.63 bits per heavy atom. The van der Waals surface area contributed by atoms with Crippen LogP contribution in [0.2, 0.25) is 0 Å². The first kappa shape index (κ1) is 13.1. The van der Waals surface area contributed by atoms with Crippen LogP contribution in [0.5, 0.6) is 0 Å². The van der Waals surface area contributed by atoms with E-state index in [-0.39, 0.29) is 5.91 Å². The Morgan fingerprint density at radius 3 is 2.37 bits per heavy atom. The summed E-state index contributed by atoms with van der Waals surface area (Å²) in [5.74, 6) is 0.0812. The minimum atomic E-state index is 0.0812. The Labute approximate surface area is 113 Å². The Hall–Kier alpha value is -2.35. The Balaban J connectivity index is 1.73. The molecule has 0 aliphatic carbocycles. The van der Waals surface area contributed by atoms with E-state index in [0.717, 1.165) is 6.42 Å². The largest absolute Gasteiger partial charge is 0.294 e. The van der Waals surface area contributed by atoms with E-state index in [4.69, 9.17) is 0 Å². The van der Waals surface area contributed by atoms with Crippen LogP contribution in [0, 0.1) is 0 Å². The molecule has 0 atom stereocenters. The van der Waals surface area contributed by atoms with Gasteiger partial charge in [-0.05, 0) is 24.1 Å². The molecule has 0 spiro atoms. The van der Waals surface area contributed by atoms with Crippen LogP contribution in [-0.4, -0.2) is 10.5 Å². The van der Waals surface area contributed by atoms with Crippen LogP contribution in [-0.2, 0) is 6.42 Å². The fraction of sp³-hybridized carbons (Fsp3) is 0.118. The van der Waals surface area contributed by atoms with Gasteiger partial charge in [0.15, 0.2) is 0 Å². The first-order chi connectivity index (χ1) is 9.36. The topological polar surface area (TPSA) is 22.0 Å². The minimum Gasteiger partial charge on any atom is -0.294 e. The first-order valence-electron chi connectivity index (χ1n) is 6.38. The third kappa shape index (κ3) is 4.43. The summed E-state index contributed by atoms with van der Waals surface area (Å²) in [4.78, 5) is 11.6. The van der Waals surface area contributed by atoms with Crippen LogP contribution in [0.1, 0.15) is 16.8 Å². The van der Waals surface area contributed by atoms with Gasteiger partial charge in [-0.2, -0.15) is 0 Å². The SMILES string of the molecule is O=C(C/C=C/C=C/Cc1ccccc1)n1cccc1. The molecule has 0 bridgehead atoms. The molecular weight excluding hydrogens is 234 g/mol. The zero-order valence-corrected chi connectivity index (χ0v) is 10.8. The lowest BCUT2D eigenvalue weighted by molar-refractivity contribution is 0.0917. The van der Waals surface area contributed by atoms with Gasteiger partial charge in [0, 0.05) is 18.8 Å². The van der Waals surface area contributed by atoms with Gasteiger partial charge in [0.1, 0.15) is 0 Å². The van der Waals surface area contributed by atoms with Crippen molar-refractivity contribution in [2.24, 2.45) is 0 Å². The highest BCUT2D eigenvalue weighted by molar-refractivity contribution is 5.80. The van der Waals surface area contributed by atoms with Gasteiger partial charge >= 0.3 is 0 Å². The second kappa shape index (κ2) is 7.17. The maximum atomic E-state index is 11.6. The summed E-state index contributed by atoms with van der Waals surface area (Å²) in [7, 11) is 0. The Bertz CT molecular complexity index is 550. The van der Waals surface area contributed by atoms with Crippen LogP contribution in [0.3, 0.4) is 0 Å². The van der Waals surface area contributed by atoms with E-state index < -0.39 is 0 Å². The number of rotatable bonds is 5. The van der Waals surface area contributed by atoms with Crippen molar-refractivity contribution in [1.82, 2.24) is 4.57 Å². The Kier molecular flexibility index (Phi) is 4.94. The van der Waals surface area contributed by atoms with Crippen molar-refractivity contribution < 1.29 is 4.79 Å². The van der Waals surface area contributed by atoms with Crippen molar-refractivity contribution in [3.63, 3.8) is 0 Å². The summed E-state index contributed by atoms with van der Waals surface area (Å²) in [6.45, 7) is 0. The molecule has 0 saturated heterocycles. The first-order valence-corrected chi connectivity index (χ1v) is 6.38. The van der Waals surface area contributed by atoms with Crippen molar-refractivity contribution >= 4 is 5.91 Å². The van der Waals surface area contributed by atoms with Gasteiger partial charge in [0.05, 0.1) is 0 Å². The molecule has 0 amide bonds. The van der Waals surface area contributed by atoms with E-state index in [2.05, 4.69) is 18.2 Å². The van der Waals surface area contributed by atoms with Gasteiger partial charge in [-0.1, -0.05) is 54.6 Å². The highest BCUT2D eigenvalue weighted by atomic mass is 16.1. The van der Waals surface area contributed by atoms with E-state index in [9.17, 15) is 4.79 Å². The van der Waals surface area contributed by atoms with Crippen molar-refractivity contribution in [3.8, 4) is 0 Å². The number of hydrogen-bond donors (Lipinski definition) is 0. The zero-order valence-electron chi connectivity index (χ0n) is 10.8. The van der Waals surface area contributed by atoms with Crippen molar-refractivity contribution in [1.29, 1.82) is 0 Å². The molecule has 0 radical (unpaired) electrons. The maximum absolute atomic E-state index is 11.6. The average Bonchev–Trinajstić information content (AvgIpc) is 2.98. The van der Waals surface area contributed by atoms with E-state index in [0.29, 0.717) is 6.42 Å². The number of benzene rings is 1. The lowest BCUT2D eigenvalue weighted by Crippen LogP contribution is -2.05. The number of aromatic nitrogens is 1. The van der Waals surface area contributed by atoms with Crippen LogP contribution >= 0.6 is 0 Å². The molecular formula is C17H17NO. The molecule has 1 aromatic heterocycles. The smallest absolute Gasteiger partial charge is 0.234 e. The third-order valence-electron chi connectivity index (χ3n) is 2.76. The highest BCUT2D eigenvalue weighted by Crippen LogP contribution is 2.00. The molecule has 0 unspecified atom stereocenters. The molecule has 2 rings (SSSR count). The summed E-state index contributed by atoms with van der Waals surface area (Å²) in [6.07, 6.45) is 12.7. The molecule has 0 N–H and O–H groups in total. The second-order valence-electron chi connectivity index (χ2n) is 4.23. The predicted octanol–water partition coefficient (Wildman–Crippen LogP) is 3.87. The van der Waals surface area contributed by atoms with Gasteiger partial charge in [-0.15, -0.1) is 0 Å². The van der Waals surface area contributed by atoms with Gasteiger partial charge < -0.3 is 0 Å². The molecule has 2 aromatic rings. The molecule has 1 heterocycles. The molecule has 0 aliphatic rings. The average molecular weight is 251 g/mol. The number of carbonyl (C=O) groups is 1. The maximum Gasteiger partial charge on any atom is 0.234 e. The number of allylic oxidation sites excluding steroid dienone is 4. The fourth-order valence-electron chi connectivity index (χ4n) is 1.75. The van der Waals surface area contributed by atoms with Gasteiger partial charge in [-0.25, -0.2) is 0 Å². The molecule has 0 saturated carbocycles. The fourth-order valence-corrected chi connectivity index (χ4v) is 1.75. The quantitative estimate of drug-likeness (QED) is 0.739. The summed E-state index contributed by atoms with van der Waals surface area (Å²) in [5.41, 5.74) is 1.29. The number of carbonyl (C=O) groups excluding carboxylic acids is 1. The zero-order chi connectivity index (χ0) is 13.3. The van der Waals surface area contributed by atoms with Crippen molar-refractivity contribution in [3.05, 3.63) is 84.7 Å². The van der Waals surface area contributed by atoms with Crippen molar-refractivity contribution in [2.75, 3.05) is 0 Å². The normalized spacial score (nSPS) is 11.4. The van der Waals surface area contributed by atoms with Gasteiger partial charge in [0.2, 0.25) is 5.91 Å². The molecule has 2 nitrogen and oxygen atoms in total. The summed E-state index contributed by atoms with van der Waals surface area (Å²) in [5, 5.41) is 0. The van der Waals surface area contributed by atoms with Crippen molar-refractivity contribution in [2.45, 2.75) is 12.8 Å². The summed E-state index contributed by atoms with van der Waals surface area (Å²) in [6, 6.07) is 14.0. The van der Waals surface area contributed by atoms with E-state index in [1.165, 1.54) is 5.56 Å². The van der Waals surface area contributed by atoms with Gasteiger partial charge in [-0.3, -0.25) is 9.36 Å². The molecule has 2 heteroatoms. The molecule has 96 valence electrons. The standard InChI is InChI=1S/C17H17NO/c19-17(18-14-8-9-15-18)13-7-2-1-4-10-16-11-5-3-6-12-16/h1-9,11-12,14-15H,10,13H2/b4-1+,7-2+. The molecule has 0 fully saturated rings. The summed E-state index contributed by atoms with van der Waals surface area (Å²) >= 11 is 0. The van der Waals surface area contributed by atoms with E-state index in [1.807, 2.05) is 48.6 Å². The molecule has 1 aromatic carbocycles. The van der Waals surface area contributed by atoms with Crippen LogP contribution in [0.25, 0.3) is 0 Å². The molecule has 19 heavy (non-hydrogen) atoms. The monoisotopic (exact) mass is 251 g/mol. The number of hydrogen-bond acceptors (Lipinski definition) is 1. The Morgan fingerprint density at radius 1 is 0.947 bits per heavy atom. The predicted molar refractivity (Wildman–Crippen MR) is 78.1 cm³/mol. The third-order valence-corrected chi connectivity index (χ3v) is 2.76. The number of nitrogens with zero attached hydrogens (tertiary/aromatic N) is 1. The highest BCUT2D eigenvalue weighted by Gasteiger charge is 1.98. The lowest BCUT2D eigenvalue weighted by Gasteiger charge is -1.96. The van der Waals surface area contributed by atoms with E-state index >= 15 is 0 Å². The lowest BCUT2D eigenvalue weighted by atomic mass is 10.1. The summed E-state index contributed by atoms with van der Waals surface area (Å²) < 4.78 is 1.60. The second-order valence-corrected chi connectivity index (χ2v) is 4.23. The van der Waals surface area contributed by atoms with Crippen LogP contribution < -0.4 is 0 Å². The van der Waals surface area contributed by atoms with Crippen LogP contribution in [0.15, 0.2) is 79.2 Å². The molecule has 0 aliphatic heterocycles.